The topological polar surface area (TPSA) is 13.1 Å². The van der Waals surface area contributed by atoms with Crippen molar-refractivity contribution in [2.24, 2.45) is 7.05 Å². The van der Waals surface area contributed by atoms with Crippen LogP contribution in [-0.4, -0.2) is 0 Å². The minimum absolute atomic E-state index is 0.0533. The first kappa shape index (κ1) is 19.3. The molecule has 1 aliphatic heterocycles. The van der Waals surface area contributed by atoms with Crippen molar-refractivity contribution in [1.82, 2.24) is 0 Å². The first-order valence-corrected chi connectivity index (χ1v) is 11.4. The summed E-state index contributed by atoms with van der Waals surface area (Å²) in [6.07, 6.45) is 2.21. The molecule has 0 saturated carbocycles. The van der Waals surface area contributed by atoms with Gasteiger partial charge in [-0.15, -0.1) is 0 Å². The molecular weight excluding hydrogens is 390 g/mol. The van der Waals surface area contributed by atoms with Gasteiger partial charge in [-0.1, -0.05) is 63.2 Å². The summed E-state index contributed by atoms with van der Waals surface area (Å²) in [7, 11) is 2.15. The molecule has 5 aromatic rings. The molecule has 1 aliphatic rings. The van der Waals surface area contributed by atoms with Gasteiger partial charge in [-0.2, -0.15) is 0 Å². The molecular formula is C30H28NO+. The van der Waals surface area contributed by atoms with E-state index in [1.165, 1.54) is 60.3 Å². The lowest BCUT2D eigenvalue weighted by Crippen LogP contribution is -2.32. The van der Waals surface area contributed by atoms with Crippen LogP contribution in [-0.2, 0) is 12.5 Å². The third kappa shape index (κ3) is 2.44. The third-order valence-corrected chi connectivity index (χ3v) is 7.16. The van der Waals surface area contributed by atoms with Crippen LogP contribution in [0.3, 0.4) is 0 Å². The standard InChI is InChI=1S/C30H28NO/c1-17-20-11-7-8-12-21(20)18(2)29-25(17)28-27-22(14-15-31(28)6)26-19(16-24(27)32-29)10-9-13-23(26)30(3,4)5/h7-16H,1-6H3/q+1. The first-order valence-electron chi connectivity index (χ1n) is 11.4. The second-order valence-electron chi connectivity index (χ2n) is 10.2. The second kappa shape index (κ2) is 6.32. The number of ether oxygens (including phenoxy) is 1. The van der Waals surface area contributed by atoms with E-state index in [0.29, 0.717) is 0 Å². The molecule has 0 atom stereocenters. The summed E-state index contributed by atoms with van der Waals surface area (Å²) in [5.74, 6) is 1.94. The van der Waals surface area contributed by atoms with Crippen molar-refractivity contribution < 1.29 is 9.30 Å². The van der Waals surface area contributed by atoms with Crippen molar-refractivity contribution in [3.05, 3.63) is 77.5 Å². The highest BCUT2D eigenvalue weighted by atomic mass is 16.5. The van der Waals surface area contributed by atoms with Crippen LogP contribution >= 0.6 is 0 Å². The van der Waals surface area contributed by atoms with Crippen LogP contribution < -0.4 is 9.30 Å². The molecule has 2 nitrogen and oxygen atoms in total. The van der Waals surface area contributed by atoms with Crippen LogP contribution in [0.2, 0.25) is 0 Å². The largest absolute Gasteiger partial charge is 0.455 e. The van der Waals surface area contributed by atoms with Gasteiger partial charge in [0.2, 0.25) is 5.69 Å². The molecule has 0 unspecified atom stereocenters. The average molecular weight is 419 g/mol. The van der Waals surface area contributed by atoms with E-state index >= 15 is 0 Å². The summed E-state index contributed by atoms with van der Waals surface area (Å²) >= 11 is 0. The summed E-state index contributed by atoms with van der Waals surface area (Å²) in [4.78, 5) is 0. The van der Waals surface area contributed by atoms with Crippen molar-refractivity contribution >= 4 is 32.3 Å². The molecule has 32 heavy (non-hydrogen) atoms. The quantitative estimate of drug-likeness (QED) is 0.182. The molecule has 6 rings (SSSR count). The molecule has 0 amide bonds. The summed E-state index contributed by atoms with van der Waals surface area (Å²) in [5, 5.41) is 7.61. The van der Waals surface area contributed by atoms with E-state index in [0.717, 1.165) is 11.5 Å². The lowest BCUT2D eigenvalue weighted by molar-refractivity contribution is -0.659. The number of aryl methyl sites for hydroxylation is 3. The predicted molar refractivity (Wildman–Crippen MR) is 134 cm³/mol. The highest BCUT2D eigenvalue weighted by molar-refractivity contribution is 6.17. The number of aromatic nitrogens is 1. The monoisotopic (exact) mass is 418 g/mol. The predicted octanol–water partition coefficient (Wildman–Crippen LogP) is 7.66. The molecule has 0 N–H and O–H groups in total. The molecule has 0 bridgehead atoms. The molecule has 2 heteroatoms. The van der Waals surface area contributed by atoms with Gasteiger partial charge in [0.15, 0.2) is 6.20 Å². The van der Waals surface area contributed by atoms with Crippen molar-refractivity contribution in [2.75, 3.05) is 0 Å². The molecule has 158 valence electrons. The molecule has 0 fully saturated rings. The highest BCUT2D eigenvalue weighted by Gasteiger charge is 2.33. The Morgan fingerprint density at radius 3 is 2.22 bits per heavy atom. The van der Waals surface area contributed by atoms with Crippen LogP contribution in [0.1, 0.15) is 37.5 Å². The Bertz CT molecular complexity index is 1600. The molecule has 0 saturated heterocycles. The Balaban J connectivity index is 1.85. The fourth-order valence-corrected chi connectivity index (χ4v) is 5.59. The van der Waals surface area contributed by atoms with Gasteiger partial charge < -0.3 is 4.74 Å². The molecule has 4 aromatic carbocycles. The van der Waals surface area contributed by atoms with Crippen molar-refractivity contribution in [3.8, 4) is 22.8 Å². The smallest absolute Gasteiger partial charge is 0.228 e. The zero-order chi connectivity index (χ0) is 22.4. The van der Waals surface area contributed by atoms with Gasteiger partial charge >= 0.3 is 0 Å². The Labute approximate surface area is 189 Å². The molecule has 1 aromatic heterocycles. The van der Waals surface area contributed by atoms with Gasteiger partial charge in [-0.3, -0.25) is 0 Å². The number of pyridine rings is 1. The van der Waals surface area contributed by atoms with Gasteiger partial charge in [-0.05, 0) is 58.0 Å². The van der Waals surface area contributed by atoms with Gasteiger partial charge in [0, 0.05) is 17.0 Å². The summed E-state index contributed by atoms with van der Waals surface area (Å²) in [6, 6.07) is 19.8. The van der Waals surface area contributed by atoms with Crippen molar-refractivity contribution in [3.63, 3.8) is 0 Å². The van der Waals surface area contributed by atoms with Gasteiger partial charge in [-0.25, -0.2) is 4.57 Å². The van der Waals surface area contributed by atoms with Gasteiger partial charge in [0.25, 0.3) is 0 Å². The fraction of sp³-hybridized carbons (Fsp3) is 0.233. The number of hydrogen-bond acceptors (Lipinski definition) is 1. The van der Waals surface area contributed by atoms with E-state index in [1.807, 2.05) is 0 Å². The normalized spacial score (nSPS) is 12.9. The maximum absolute atomic E-state index is 6.74. The van der Waals surface area contributed by atoms with Crippen molar-refractivity contribution in [1.29, 1.82) is 0 Å². The molecule has 0 aliphatic carbocycles. The van der Waals surface area contributed by atoms with Crippen LogP contribution in [0, 0.1) is 13.8 Å². The van der Waals surface area contributed by atoms with Crippen LogP contribution in [0.25, 0.3) is 43.6 Å². The summed E-state index contributed by atoms with van der Waals surface area (Å²) in [6.45, 7) is 11.3. The zero-order valence-corrected chi connectivity index (χ0v) is 19.6. The van der Waals surface area contributed by atoms with Gasteiger partial charge in [0.05, 0.1) is 10.9 Å². The first-order chi connectivity index (χ1) is 15.3. The lowest BCUT2D eigenvalue weighted by atomic mass is 9.81. The number of hydrogen-bond donors (Lipinski definition) is 0. The minimum Gasteiger partial charge on any atom is -0.455 e. The minimum atomic E-state index is 0.0533. The average Bonchev–Trinajstić information content (AvgIpc) is 2.77. The maximum atomic E-state index is 6.74. The lowest BCUT2D eigenvalue weighted by Gasteiger charge is -2.26. The third-order valence-electron chi connectivity index (χ3n) is 7.16. The van der Waals surface area contributed by atoms with E-state index in [-0.39, 0.29) is 5.41 Å². The second-order valence-corrected chi connectivity index (χ2v) is 10.2. The Hall–Kier alpha value is -3.39. The number of fused-ring (bicyclic) bond motifs is 5. The number of nitrogens with zero attached hydrogens (tertiary/aromatic N) is 1. The highest BCUT2D eigenvalue weighted by Crippen LogP contribution is 2.52. The van der Waals surface area contributed by atoms with E-state index in [1.54, 1.807) is 0 Å². The van der Waals surface area contributed by atoms with E-state index in [9.17, 15) is 0 Å². The van der Waals surface area contributed by atoms with E-state index in [2.05, 4.69) is 107 Å². The Morgan fingerprint density at radius 1 is 0.781 bits per heavy atom. The Morgan fingerprint density at radius 2 is 1.50 bits per heavy atom. The van der Waals surface area contributed by atoms with Gasteiger partial charge in [0.1, 0.15) is 18.5 Å². The summed E-state index contributed by atoms with van der Waals surface area (Å²) in [5.41, 5.74) is 6.37. The zero-order valence-electron chi connectivity index (χ0n) is 19.6. The number of benzene rings is 4. The molecule has 2 heterocycles. The van der Waals surface area contributed by atoms with Crippen LogP contribution in [0.5, 0.6) is 11.5 Å². The number of rotatable bonds is 0. The van der Waals surface area contributed by atoms with Crippen LogP contribution in [0.4, 0.5) is 0 Å². The summed E-state index contributed by atoms with van der Waals surface area (Å²) < 4.78 is 9.01. The molecule has 0 spiro atoms. The maximum Gasteiger partial charge on any atom is 0.228 e. The van der Waals surface area contributed by atoms with Crippen molar-refractivity contribution in [2.45, 2.75) is 40.0 Å². The SMILES string of the molecule is Cc1c2c(c(C)c3ccccc13)-c1c3c(cc4cccc(C(C)(C)C)c4c3cc[n+]1C)O2. The molecule has 0 radical (unpaired) electrons. The Kier molecular flexibility index (Phi) is 3.81. The fourth-order valence-electron chi connectivity index (χ4n) is 5.59. The van der Waals surface area contributed by atoms with E-state index < -0.39 is 0 Å². The van der Waals surface area contributed by atoms with Crippen LogP contribution in [0.15, 0.2) is 60.8 Å². The van der Waals surface area contributed by atoms with E-state index in [4.69, 9.17) is 4.74 Å².